The first-order valence-corrected chi connectivity index (χ1v) is 13.8. The summed E-state index contributed by atoms with van der Waals surface area (Å²) in [6, 6.07) is 10.5. The van der Waals surface area contributed by atoms with E-state index in [2.05, 4.69) is 20.3 Å². The fourth-order valence-corrected chi connectivity index (χ4v) is 5.99. The molecule has 0 radical (unpaired) electrons. The van der Waals surface area contributed by atoms with E-state index in [0.29, 0.717) is 28.7 Å². The largest absolute Gasteiger partial charge is 0.352 e. The number of hydrogen-bond donors (Lipinski definition) is 3. The number of rotatable bonds is 8. The number of carbonyl (C=O) groups excluding carboxylic acids is 1. The van der Waals surface area contributed by atoms with Crippen molar-refractivity contribution in [1.82, 2.24) is 19.6 Å². The molecule has 1 amide bonds. The maximum atomic E-state index is 12.9. The molecule has 8 nitrogen and oxygen atoms in total. The number of benzene rings is 2. The van der Waals surface area contributed by atoms with E-state index in [4.69, 9.17) is 11.6 Å². The number of sulfonamides is 1. The number of anilines is 2. The Labute approximate surface area is 210 Å². The van der Waals surface area contributed by atoms with Gasteiger partial charge in [-0.2, -0.15) is 0 Å². The van der Waals surface area contributed by atoms with Crippen LogP contribution < -0.4 is 15.4 Å². The third-order valence-electron chi connectivity index (χ3n) is 7.12. The van der Waals surface area contributed by atoms with Crippen molar-refractivity contribution < 1.29 is 13.2 Å². The maximum absolute atomic E-state index is 12.9. The highest BCUT2D eigenvalue weighted by Crippen LogP contribution is 2.45. The number of hydrogen-bond acceptors (Lipinski definition) is 5. The summed E-state index contributed by atoms with van der Waals surface area (Å²) in [7, 11) is -1.75. The third kappa shape index (κ3) is 5.03. The quantitative estimate of drug-likeness (QED) is 0.406. The molecule has 0 saturated heterocycles. The summed E-state index contributed by atoms with van der Waals surface area (Å²) >= 11 is 6.43. The summed E-state index contributed by atoms with van der Waals surface area (Å²) in [6.45, 7) is 2.39. The molecular formula is C25H30ClN5O3S. The fourth-order valence-electron chi connectivity index (χ4n) is 4.50. The van der Waals surface area contributed by atoms with Gasteiger partial charge in [-0.15, -0.1) is 0 Å². The van der Waals surface area contributed by atoms with E-state index in [-0.39, 0.29) is 22.3 Å². The second kappa shape index (κ2) is 9.11. The molecule has 5 rings (SSSR count). The number of aryl methyl sites for hydroxylation is 1. The van der Waals surface area contributed by atoms with E-state index < -0.39 is 10.0 Å². The molecule has 2 saturated carbocycles. The highest BCUT2D eigenvalue weighted by molar-refractivity contribution is 7.89. The van der Waals surface area contributed by atoms with Crippen molar-refractivity contribution in [2.45, 2.75) is 62.9 Å². The average Bonchev–Trinajstić information content (AvgIpc) is 3.23. The molecular weight excluding hydrogens is 486 g/mol. The Hall–Kier alpha value is -2.62. The van der Waals surface area contributed by atoms with Crippen LogP contribution in [0.1, 0.15) is 51.0 Å². The van der Waals surface area contributed by atoms with Crippen LogP contribution in [0, 0.1) is 5.41 Å². The van der Waals surface area contributed by atoms with Crippen molar-refractivity contribution in [3.8, 4) is 0 Å². The highest BCUT2D eigenvalue weighted by Gasteiger charge is 2.44. The minimum Gasteiger partial charge on any atom is -0.352 e. The summed E-state index contributed by atoms with van der Waals surface area (Å²) in [4.78, 5) is 17.1. The highest BCUT2D eigenvalue weighted by atomic mass is 35.5. The molecule has 1 heterocycles. The van der Waals surface area contributed by atoms with Crippen LogP contribution in [-0.4, -0.2) is 29.9 Å². The van der Waals surface area contributed by atoms with Gasteiger partial charge in [-0.25, -0.2) is 18.1 Å². The fraction of sp³-hybridized carbons (Fsp3) is 0.440. The number of aromatic nitrogens is 2. The zero-order chi connectivity index (χ0) is 24.8. The lowest BCUT2D eigenvalue weighted by Crippen LogP contribution is -2.32. The Kier molecular flexibility index (Phi) is 6.27. The first-order valence-electron chi connectivity index (χ1n) is 12.0. The van der Waals surface area contributed by atoms with Gasteiger partial charge in [0.1, 0.15) is 0 Å². The molecule has 1 aromatic heterocycles. The predicted molar refractivity (Wildman–Crippen MR) is 137 cm³/mol. The lowest BCUT2D eigenvalue weighted by molar-refractivity contribution is -0.125. The molecule has 2 aromatic carbocycles. The van der Waals surface area contributed by atoms with Crippen LogP contribution in [-0.2, 0) is 28.4 Å². The number of nitrogens with zero attached hydrogens (tertiary/aromatic N) is 2. The van der Waals surface area contributed by atoms with Crippen LogP contribution in [0.5, 0.6) is 0 Å². The lowest BCUT2D eigenvalue weighted by atomic mass is 10.1. The molecule has 10 heteroatoms. The number of amides is 1. The van der Waals surface area contributed by atoms with E-state index in [1.807, 2.05) is 30.7 Å². The van der Waals surface area contributed by atoms with E-state index in [1.54, 1.807) is 24.3 Å². The molecule has 2 aliphatic carbocycles. The zero-order valence-electron chi connectivity index (χ0n) is 19.9. The summed E-state index contributed by atoms with van der Waals surface area (Å²) in [6.07, 6.45) is 5.72. The predicted octanol–water partition coefficient (Wildman–Crippen LogP) is 4.61. The Morgan fingerprint density at radius 2 is 1.91 bits per heavy atom. The summed E-state index contributed by atoms with van der Waals surface area (Å²) in [5, 5.41) is 6.78. The van der Waals surface area contributed by atoms with Gasteiger partial charge in [0.15, 0.2) is 0 Å². The van der Waals surface area contributed by atoms with E-state index in [0.717, 1.165) is 49.6 Å². The van der Waals surface area contributed by atoms with Crippen molar-refractivity contribution in [1.29, 1.82) is 0 Å². The first-order chi connectivity index (χ1) is 16.6. The van der Waals surface area contributed by atoms with Crippen LogP contribution in [0.4, 0.5) is 11.6 Å². The van der Waals surface area contributed by atoms with Crippen LogP contribution in [0.25, 0.3) is 11.0 Å². The summed E-state index contributed by atoms with van der Waals surface area (Å²) in [5.74, 6) is 0.609. The summed E-state index contributed by atoms with van der Waals surface area (Å²) in [5.41, 5.74) is 2.72. The Bertz CT molecular complexity index is 1390. The number of carbonyl (C=O) groups is 1. The molecule has 0 aliphatic heterocycles. The molecule has 3 N–H and O–H groups in total. The smallest absolute Gasteiger partial charge is 0.240 e. The first kappa shape index (κ1) is 24.1. The molecule has 2 fully saturated rings. The molecule has 0 atom stereocenters. The minimum atomic E-state index is -3.60. The van der Waals surface area contributed by atoms with E-state index in [1.165, 1.54) is 0 Å². The van der Waals surface area contributed by atoms with E-state index >= 15 is 0 Å². The standard InChI is InChI=1S/C25H30ClN5O3S/c1-25(11-12-25)23(32)27-15-16-7-9-19(26)20(13-16)28-24-29-21-14-18(8-10-22(21)31(24)2)35(33,34)30-17-5-3-4-6-17/h7-10,13-14,17,30H,3-6,11-12,15H2,1-2H3,(H,27,32)(H,28,29). The third-order valence-corrected chi connectivity index (χ3v) is 8.97. The van der Waals surface area contributed by atoms with E-state index in [9.17, 15) is 13.2 Å². The van der Waals surface area contributed by atoms with Crippen LogP contribution in [0.3, 0.4) is 0 Å². The van der Waals surface area contributed by atoms with Gasteiger partial charge in [0, 0.05) is 25.0 Å². The van der Waals surface area contributed by atoms with Crippen molar-refractivity contribution in [3.63, 3.8) is 0 Å². The Balaban J connectivity index is 1.35. The van der Waals surface area contributed by atoms with Gasteiger partial charge in [-0.3, -0.25) is 4.79 Å². The topological polar surface area (TPSA) is 105 Å². The molecule has 186 valence electrons. The van der Waals surface area contributed by atoms with Crippen molar-refractivity contribution in [3.05, 3.63) is 47.0 Å². The van der Waals surface area contributed by atoms with Crippen LogP contribution >= 0.6 is 11.6 Å². The molecule has 2 aliphatic rings. The Morgan fingerprint density at radius 3 is 2.63 bits per heavy atom. The van der Waals surface area contributed by atoms with Crippen molar-refractivity contribution >= 4 is 50.2 Å². The van der Waals surface area contributed by atoms with Crippen molar-refractivity contribution in [2.24, 2.45) is 12.5 Å². The van der Waals surface area contributed by atoms with Crippen LogP contribution in [0.15, 0.2) is 41.3 Å². The maximum Gasteiger partial charge on any atom is 0.240 e. The zero-order valence-corrected chi connectivity index (χ0v) is 21.5. The minimum absolute atomic E-state index is 0.00277. The number of imidazole rings is 1. The monoisotopic (exact) mass is 515 g/mol. The second-order valence-corrected chi connectivity index (χ2v) is 12.1. The number of nitrogens with one attached hydrogen (secondary N) is 3. The molecule has 0 spiro atoms. The second-order valence-electron chi connectivity index (χ2n) is 9.93. The average molecular weight is 516 g/mol. The van der Waals surface area contributed by atoms with Gasteiger partial charge >= 0.3 is 0 Å². The van der Waals surface area contributed by atoms with Gasteiger partial charge in [0.2, 0.25) is 21.9 Å². The molecule has 3 aromatic rings. The van der Waals surface area contributed by atoms with Gasteiger partial charge in [-0.05, 0) is 61.6 Å². The van der Waals surface area contributed by atoms with Crippen molar-refractivity contribution in [2.75, 3.05) is 5.32 Å². The molecule has 0 unspecified atom stereocenters. The normalized spacial score (nSPS) is 17.6. The summed E-state index contributed by atoms with van der Waals surface area (Å²) < 4.78 is 30.4. The van der Waals surface area contributed by atoms with Gasteiger partial charge in [0.05, 0.1) is 26.6 Å². The number of halogens is 1. The SMILES string of the molecule is Cn1c(Nc2cc(CNC(=O)C3(C)CC3)ccc2Cl)nc2cc(S(=O)(=O)NC3CCCC3)ccc21. The molecule has 35 heavy (non-hydrogen) atoms. The number of fused-ring (bicyclic) bond motifs is 1. The lowest BCUT2D eigenvalue weighted by Gasteiger charge is -2.13. The van der Waals surface area contributed by atoms with Crippen LogP contribution in [0.2, 0.25) is 5.02 Å². The van der Waals surface area contributed by atoms with Gasteiger partial charge < -0.3 is 15.2 Å². The molecule has 0 bridgehead atoms. The Morgan fingerprint density at radius 1 is 1.17 bits per heavy atom. The van der Waals surface area contributed by atoms with Gasteiger partial charge in [-0.1, -0.05) is 37.4 Å². The van der Waals surface area contributed by atoms with Gasteiger partial charge in [0.25, 0.3) is 0 Å².